The van der Waals surface area contributed by atoms with E-state index in [0.717, 1.165) is 11.2 Å². The van der Waals surface area contributed by atoms with Gasteiger partial charge in [-0.25, -0.2) is 8.42 Å². The van der Waals surface area contributed by atoms with Crippen LogP contribution in [0.15, 0.2) is 53.4 Å². The van der Waals surface area contributed by atoms with Gasteiger partial charge in [0.25, 0.3) is 5.91 Å². The maximum Gasteiger partial charge on any atom is 0.255 e. The summed E-state index contributed by atoms with van der Waals surface area (Å²) in [4.78, 5) is 13.3. The SMILES string of the molecule is CSc1ccc(NC(=O)c2cccc(NS(C)(=O)=O)c2)cc1. The lowest BCUT2D eigenvalue weighted by molar-refractivity contribution is 0.102. The van der Waals surface area contributed by atoms with E-state index in [9.17, 15) is 13.2 Å². The molecule has 0 saturated carbocycles. The van der Waals surface area contributed by atoms with Crippen molar-refractivity contribution < 1.29 is 13.2 Å². The van der Waals surface area contributed by atoms with E-state index >= 15 is 0 Å². The number of nitrogens with one attached hydrogen (secondary N) is 2. The molecule has 0 atom stereocenters. The minimum Gasteiger partial charge on any atom is -0.322 e. The van der Waals surface area contributed by atoms with Crippen LogP contribution in [0.5, 0.6) is 0 Å². The van der Waals surface area contributed by atoms with Crippen LogP contribution in [0.4, 0.5) is 11.4 Å². The topological polar surface area (TPSA) is 75.3 Å². The quantitative estimate of drug-likeness (QED) is 0.823. The second kappa shape index (κ2) is 6.85. The van der Waals surface area contributed by atoms with Crippen LogP contribution in [-0.4, -0.2) is 26.8 Å². The minimum absolute atomic E-state index is 0.297. The average Bonchev–Trinajstić information content (AvgIpc) is 2.46. The van der Waals surface area contributed by atoms with Crippen molar-refractivity contribution >= 4 is 39.1 Å². The van der Waals surface area contributed by atoms with E-state index in [4.69, 9.17) is 0 Å². The number of thioether (sulfide) groups is 1. The van der Waals surface area contributed by atoms with Gasteiger partial charge in [-0.1, -0.05) is 6.07 Å². The second-order valence-electron chi connectivity index (χ2n) is 4.64. The molecule has 0 bridgehead atoms. The third kappa shape index (κ3) is 4.78. The van der Waals surface area contributed by atoms with Gasteiger partial charge in [-0.05, 0) is 48.7 Å². The molecule has 2 rings (SSSR count). The van der Waals surface area contributed by atoms with Gasteiger partial charge in [0.2, 0.25) is 10.0 Å². The Kier molecular flexibility index (Phi) is 5.10. The molecule has 2 aromatic carbocycles. The van der Waals surface area contributed by atoms with Crippen LogP contribution < -0.4 is 10.0 Å². The predicted octanol–water partition coefficient (Wildman–Crippen LogP) is 3.03. The number of anilines is 2. The summed E-state index contributed by atoms with van der Waals surface area (Å²) >= 11 is 1.62. The molecule has 116 valence electrons. The molecule has 0 saturated heterocycles. The molecule has 2 aromatic rings. The molecule has 0 aliphatic rings. The molecule has 7 heteroatoms. The van der Waals surface area contributed by atoms with Crippen LogP contribution in [0.3, 0.4) is 0 Å². The standard InChI is InChI=1S/C15H16N2O3S2/c1-21-14-8-6-12(7-9-14)16-15(18)11-4-3-5-13(10-11)17-22(2,19)20/h3-10,17H,1-2H3,(H,16,18). The van der Waals surface area contributed by atoms with E-state index in [-0.39, 0.29) is 5.91 Å². The van der Waals surface area contributed by atoms with Gasteiger partial charge in [0.1, 0.15) is 0 Å². The number of carbonyl (C=O) groups is 1. The van der Waals surface area contributed by atoms with Crippen molar-refractivity contribution in [3.8, 4) is 0 Å². The van der Waals surface area contributed by atoms with E-state index in [1.807, 2.05) is 30.5 Å². The highest BCUT2D eigenvalue weighted by Crippen LogP contribution is 2.19. The maximum atomic E-state index is 12.2. The van der Waals surface area contributed by atoms with Gasteiger partial charge in [0.05, 0.1) is 6.26 Å². The Morgan fingerprint density at radius 3 is 2.32 bits per heavy atom. The molecule has 0 heterocycles. The Labute approximate surface area is 134 Å². The Balaban J connectivity index is 2.13. The fourth-order valence-electron chi connectivity index (χ4n) is 1.82. The Hall–Kier alpha value is -1.99. The largest absolute Gasteiger partial charge is 0.322 e. The number of hydrogen-bond acceptors (Lipinski definition) is 4. The summed E-state index contributed by atoms with van der Waals surface area (Å²) in [5.41, 5.74) is 1.42. The molecule has 5 nitrogen and oxygen atoms in total. The summed E-state index contributed by atoms with van der Waals surface area (Å²) in [5.74, 6) is -0.297. The zero-order valence-electron chi connectivity index (χ0n) is 12.2. The molecule has 0 radical (unpaired) electrons. The lowest BCUT2D eigenvalue weighted by Crippen LogP contribution is -2.13. The van der Waals surface area contributed by atoms with E-state index in [1.54, 1.807) is 30.0 Å². The van der Waals surface area contributed by atoms with Gasteiger partial charge < -0.3 is 5.32 Å². The van der Waals surface area contributed by atoms with Crippen LogP contribution >= 0.6 is 11.8 Å². The number of rotatable bonds is 5. The third-order valence-corrected chi connectivity index (χ3v) is 4.13. The Bertz CT molecular complexity index is 772. The summed E-state index contributed by atoms with van der Waals surface area (Å²) in [6, 6.07) is 13.8. The highest BCUT2D eigenvalue weighted by Gasteiger charge is 2.08. The molecule has 0 aliphatic heterocycles. The van der Waals surface area contributed by atoms with Crippen LogP contribution in [0.25, 0.3) is 0 Å². The monoisotopic (exact) mass is 336 g/mol. The van der Waals surface area contributed by atoms with Gasteiger partial charge >= 0.3 is 0 Å². The summed E-state index contributed by atoms with van der Waals surface area (Å²) in [5, 5.41) is 2.77. The zero-order valence-corrected chi connectivity index (χ0v) is 13.8. The first-order valence-corrected chi connectivity index (χ1v) is 9.52. The van der Waals surface area contributed by atoms with Crippen LogP contribution in [0, 0.1) is 0 Å². The molecule has 0 unspecified atom stereocenters. The van der Waals surface area contributed by atoms with Gasteiger partial charge in [-0.15, -0.1) is 11.8 Å². The predicted molar refractivity (Wildman–Crippen MR) is 91.1 cm³/mol. The van der Waals surface area contributed by atoms with Crippen molar-refractivity contribution in [2.75, 3.05) is 22.6 Å². The molecule has 0 spiro atoms. The van der Waals surface area contributed by atoms with E-state index in [0.29, 0.717) is 16.9 Å². The van der Waals surface area contributed by atoms with Crippen LogP contribution in [0.1, 0.15) is 10.4 Å². The minimum atomic E-state index is -3.37. The molecule has 0 fully saturated rings. The first-order chi connectivity index (χ1) is 10.4. The van der Waals surface area contributed by atoms with Gasteiger partial charge in [0.15, 0.2) is 0 Å². The molecule has 1 amide bonds. The van der Waals surface area contributed by atoms with Gasteiger partial charge in [-0.2, -0.15) is 0 Å². The van der Waals surface area contributed by atoms with Crippen LogP contribution in [-0.2, 0) is 10.0 Å². The number of amides is 1. The second-order valence-corrected chi connectivity index (χ2v) is 7.27. The molecule has 0 aliphatic carbocycles. The van der Waals surface area contributed by atoms with E-state index in [2.05, 4.69) is 10.0 Å². The van der Waals surface area contributed by atoms with Gasteiger partial charge in [-0.3, -0.25) is 9.52 Å². The zero-order chi connectivity index (χ0) is 16.2. The van der Waals surface area contributed by atoms with Crippen LogP contribution in [0.2, 0.25) is 0 Å². The van der Waals surface area contributed by atoms with Crippen molar-refractivity contribution in [2.24, 2.45) is 0 Å². The highest BCUT2D eigenvalue weighted by atomic mass is 32.2. The lowest BCUT2D eigenvalue weighted by Gasteiger charge is -2.08. The van der Waals surface area contributed by atoms with E-state index in [1.165, 1.54) is 6.07 Å². The molecule has 2 N–H and O–H groups in total. The molecular formula is C15H16N2O3S2. The highest BCUT2D eigenvalue weighted by molar-refractivity contribution is 7.98. The summed E-state index contributed by atoms with van der Waals surface area (Å²) < 4.78 is 24.8. The first kappa shape index (κ1) is 16.4. The lowest BCUT2D eigenvalue weighted by atomic mass is 10.2. The molecule has 0 aromatic heterocycles. The van der Waals surface area contributed by atoms with E-state index < -0.39 is 10.0 Å². The summed E-state index contributed by atoms with van der Waals surface area (Å²) in [6.45, 7) is 0. The fourth-order valence-corrected chi connectivity index (χ4v) is 2.78. The number of sulfonamides is 1. The summed E-state index contributed by atoms with van der Waals surface area (Å²) in [6.07, 6.45) is 3.04. The van der Waals surface area contributed by atoms with Crippen molar-refractivity contribution in [2.45, 2.75) is 4.90 Å². The smallest absolute Gasteiger partial charge is 0.255 e. The van der Waals surface area contributed by atoms with Crippen molar-refractivity contribution in [3.63, 3.8) is 0 Å². The normalized spacial score (nSPS) is 11.0. The number of hydrogen-bond donors (Lipinski definition) is 2. The molecule has 22 heavy (non-hydrogen) atoms. The Morgan fingerprint density at radius 2 is 1.73 bits per heavy atom. The average molecular weight is 336 g/mol. The third-order valence-electron chi connectivity index (χ3n) is 2.78. The summed E-state index contributed by atoms with van der Waals surface area (Å²) in [7, 11) is -3.37. The van der Waals surface area contributed by atoms with Crippen molar-refractivity contribution in [1.82, 2.24) is 0 Å². The van der Waals surface area contributed by atoms with Crippen molar-refractivity contribution in [3.05, 3.63) is 54.1 Å². The Morgan fingerprint density at radius 1 is 1.05 bits per heavy atom. The van der Waals surface area contributed by atoms with Gasteiger partial charge in [0, 0.05) is 21.8 Å². The molecular weight excluding hydrogens is 320 g/mol. The first-order valence-electron chi connectivity index (χ1n) is 6.40. The number of benzene rings is 2. The van der Waals surface area contributed by atoms with Crippen molar-refractivity contribution in [1.29, 1.82) is 0 Å². The maximum absolute atomic E-state index is 12.2. The number of carbonyl (C=O) groups excluding carboxylic acids is 1. The fraction of sp³-hybridized carbons (Fsp3) is 0.133.